The number of ketones is 2. The van der Waals surface area contributed by atoms with Gasteiger partial charge in [0, 0.05) is 17.0 Å². The maximum Gasteiger partial charge on any atom is 0.178 e. The van der Waals surface area contributed by atoms with Crippen molar-refractivity contribution >= 4 is 11.6 Å². The summed E-state index contributed by atoms with van der Waals surface area (Å²) in [6.45, 7) is 3.74. The summed E-state index contributed by atoms with van der Waals surface area (Å²) < 4.78 is 0. The Kier molecular flexibility index (Phi) is 1.96. The van der Waals surface area contributed by atoms with Gasteiger partial charge >= 0.3 is 0 Å². The highest BCUT2D eigenvalue weighted by Crippen LogP contribution is 2.49. The van der Waals surface area contributed by atoms with Gasteiger partial charge in [0.05, 0.1) is 0 Å². The van der Waals surface area contributed by atoms with Crippen LogP contribution in [0.5, 0.6) is 0 Å². The number of carbonyl (C=O) groups excluding carboxylic acids is 2. The lowest BCUT2D eigenvalue weighted by Crippen LogP contribution is -2.36. The maximum absolute atomic E-state index is 12.5. The number of fused-ring (bicyclic) bond motifs is 1. The minimum absolute atomic E-state index is 0.0481. The highest BCUT2D eigenvalue weighted by molar-refractivity contribution is 6.30. The van der Waals surface area contributed by atoms with Crippen LogP contribution in [0.4, 0.5) is 0 Å². The van der Waals surface area contributed by atoms with E-state index in [-0.39, 0.29) is 17.5 Å². The van der Waals surface area contributed by atoms with Crippen LogP contribution in [0.1, 0.15) is 27.1 Å². The third kappa shape index (κ3) is 1.05. The van der Waals surface area contributed by atoms with Gasteiger partial charge < -0.3 is 0 Å². The SMILES string of the molecule is C=CC1C=CCC12C(=O)c1ccccc1C2=O. The Labute approximate surface area is 99.6 Å². The lowest BCUT2D eigenvalue weighted by molar-refractivity contribution is 0.0675. The van der Waals surface area contributed by atoms with Crippen LogP contribution in [0.15, 0.2) is 49.1 Å². The summed E-state index contributed by atoms with van der Waals surface area (Å²) in [6.07, 6.45) is 6.02. The summed E-state index contributed by atoms with van der Waals surface area (Å²) in [5, 5.41) is 0. The average Bonchev–Trinajstić information content (AvgIpc) is 2.89. The summed E-state index contributed by atoms with van der Waals surface area (Å²) in [4.78, 5) is 25.0. The number of carbonyl (C=O) groups is 2. The molecule has 0 N–H and O–H groups in total. The molecule has 1 unspecified atom stereocenters. The van der Waals surface area contributed by atoms with Gasteiger partial charge in [0.1, 0.15) is 5.41 Å². The van der Waals surface area contributed by atoms with E-state index in [1.807, 2.05) is 12.2 Å². The Morgan fingerprint density at radius 3 is 2.29 bits per heavy atom. The van der Waals surface area contributed by atoms with Crippen LogP contribution in [0, 0.1) is 11.3 Å². The van der Waals surface area contributed by atoms with E-state index in [0.29, 0.717) is 17.5 Å². The molecule has 2 heteroatoms. The van der Waals surface area contributed by atoms with Crippen molar-refractivity contribution in [2.45, 2.75) is 6.42 Å². The number of hydrogen-bond donors (Lipinski definition) is 0. The zero-order chi connectivity index (χ0) is 12.0. The van der Waals surface area contributed by atoms with E-state index < -0.39 is 5.41 Å². The molecule has 0 saturated heterocycles. The second kappa shape index (κ2) is 3.27. The summed E-state index contributed by atoms with van der Waals surface area (Å²) in [5.41, 5.74) is 0.201. The van der Waals surface area contributed by atoms with Crippen LogP contribution < -0.4 is 0 Å². The molecule has 2 aliphatic carbocycles. The molecule has 0 aliphatic heterocycles. The largest absolute Gasteiger partial charge is 0.293 e. The molecule has 1 atom stereocenters. The van der Waals surface area contributed by atoms with Crippen molar-refractivity contribution in [3.05, 3.63) is 60.2 Å². The van der Waals surface area contributed by atoms with Crippen molar-refractivity contribution in [3.8, 4) is 0 Å². The zero-order valence-corrected chi connectivity index (χ0v) is 9.35. The van der Waals surface area contributed by atoms with E-state index in [1.54, 1.807) is 30.3 Å². The Morgan fingerprint density at radius 2 is 1.76 bits per heavy atom. The standard InChI is InChI=1S/C15H12O2/c1-2-10-6-5-9-15(10)13(16)11-7-3-4-8-12(11)14(15)17/h2-8,10H,1,9H2. The number of hydrogen-bond acceptors (Lipinski definition) is 2. The third-order valence-corrected chi connectivity index (χ3v) is 3.83. The molecule has 1 aromatic rings. The molecule has 2 nitrogen and oxygen atoms in total. The normalized spacial score (nSPS) is 24.4. The monoisotopic (exact) mass is 224 g/mol. The minimum atomic E-state index is -0.925. The first-order chi connectivity index (χ1) is 8.21. The second-order valence-corrected chi connectivity index (χ2v) is 4.57. The van der Waals surface area contributed by atoms with Gasteiger partial charge in [0.2, 0.25) is 0 Å². The van der Waals surface area contributed by atoms with E-state index in [9.17, 15) is 9.59 Å². The number of benzene rings is 1. The number of Topliss-reactive ketones (excluding diaryl/α,β-unsaturated/α-hetero) is 2. The summed E-state index contributed by atoms with van der Waals surface area (Å²) in [5.74, 6) is -0.268. The highest BCUT2D eigenvalue weighted by Gasteiger charge is 2.56. The van der Waals surface area contributed by atoms with Gasteiger partial charge in [-0.1, -0.05) is 42.5 Å². The first-order valence-corrected chi connectivity index (χ1v) is 5.69. The molecule has 0 aromatic heterocycles. The van der Waals surface area contributed by atoms with Crippen molar-refractivity contribution in [2.24, 2.45) is 11.3 Å². The second-order valence-electron chi connectivity index (χ2n) is 4.57. The number of rotatable bonds is 1. The Hall–Kier alpha value is -1.96. The molecule has 17 heavy (non-hydrogen) atoms. The summed E-state index contributed by atoms with van der Waals surface area (Å²) in [6, 6.07) is 7.08. The molecule has 1 spiro atoms. The van der Waals surface area contributed by atoms with E-state index in [4.69, 9.17) is 0 Å². The van der Waals surface area contributed by atoms with E-state index in [2.05, 4.69) is 6.58 Å². The lowest BCUT2D eigenvalue weighted by Gasteiger charge is -2.25. The van der Waals surface area contributed by atoms with Crippen molar-refractivity contribution in [1.29, 1.82) is 0 Å². The fraction of sp³-hybridized carbons (Fsp3) is 0.200. The van der Waals surface area contributed by atoms with Crippen LogP contribution in [0.3, 0.4) is 0 Å². The van der Waals surface area contributed by atoms with E-state index in [1.165, 1.54) is 0 Å². The van der Waals surface area contributed by atoms with Gasteiger partial charge in [-0.15, -0.1) is 6.58 Å². The molecule has 0 bridgehead atoms. The summed E-state index contributed by atoms with van der Waals surface area (Å²) in [7, 11) is 0. The summed E-state index contributed by atoms with van der Waals surface area (Å²) >= 11 is 0. The van der Waals surface area contributed by atoms with Gasteiger partial charge in [-0.2, -0.15) is 0 Å². The molecule has 84 valence electrons. The van der Waals surface area contributed by atoms with Crippen molar-refractivity contribution < 1.29 is 9.59 Å². The van der Waals surface area contributed by atoms with Gasteiger partial charge in [-0.25, -0.2) is 0 Å². The van der Waals surface area contributed by atoms with Gasteiger partial charge in [-0.05, 0) is 6.42 Å². The van der Waals surface area contributed by atoms with Gasteiger partial charge in [0.25, 0.3) is 0 Å². The lowest BCUT2D eigenvalue weighted by atomic mass is 9.73. The molecule has 0 radical (unpaired) electrons. The van der Waals surface area contributed by atoms with Crippen LogP contribution in [-0.4, -0.2) is 11.6 Å². The Balaban J connectivity index is 2.22. The smallest absolute Gasteiger partial charge is 0.178 e. The molecule has 0 heterocycles. The quantitative estimate of drug-likeness (QED) is 0.543. The van der Waals surface area contributed by atoms with E-state index in [0.717, 1.165) is 0 Å². The van der Waals surface area contributed by atoms with Crippen molar-refractivity contribution in [3.63, 3.8) is 0 Å². The molecular formula is C15H12O2. The Morgan fingerprint density at radius 1 is 1.18 bits per heavy atom. The molecule has 0 saturated carbocycles. The molecule has 0 fully saturated rings. The first-order valence-electron chi connectivity index (χ1n) is 5.69. The predicted molar refractivity (Wildman–Crippen MR) is 65.0 cm³/mol. The topological polar surface area (TPSA) is 34.1 Å². The van der Waals surface area contributed by atoms with E-state index >= 15 is 0 Å². The van der Waals surface area contributed by atoms with Crippen LogP contribution >= 0.6 is 0 Å². The molecule has 3 rings (SSSR count). The van der Waals surface area contributed by atoms with Crippen molar-refractivity contribution in [1.82, 2.24) is 0 Å². The maximum atomic E-state index is 12.5. The van der Waals surface area contributed by atoms with Crippen molar-refractivity contribution in [2.75, 3.05) is 0 Å². The fourth-order valence-corrected chi connectivity index (χ4v) is 2.93. The van der Waals surface area contributed by atoms with Gasteiger partial charge in [-0.3, -0.25) is 9.59 Å². The molecular weight excluding hydrogens is 212 g/mol. The van der Waals surface area contributed by atoms with Crippen LogP contribution in [-0.2, 0) is 0 Å². The highest BCUT2D eigenvalue weighted by atomic mass is 16.2. The third-order valence-electron chi connectivity index (χ3n) is 3.83. The molecule has 2 aliphatic rings. The molecule has 0 amide bonds. The van der Waals surface area contributed by atoms with Crippen LogP contribution in [0.2, 0.25) is 0 Å². The van der Waals surface area contributed by atoms with Gasteiger partial charge in [0.15, 0.2) is 11.6 Å². The fourth-order valence-electron chi connectivity index (χ4n) is 2.93. The zero-order valence-electron chi connectivity index (χ0n) is 9.35. The minimum Gasteiger partial charge on any atom is -0.293 e. The number of allylic oxidation sites excluding steroid dienone is 3. The predicted octanol–water partition coefficient (Wildman–Crippen LogP) is 2.81. The Bertz CT molecular complexity index is 531. The molecule has 1 aromatic carbocycles. The first kappa shape index (κ1) is 10.2. The van der Waals surface area contributed by atoms with Crippen LogP contribution in [0.25, 0.3) is 0 Å². The average molecular weight is 224 g/mol.